The summed E-state index contributed by atoms with van der Waals surface area (Å²) in [4.78, 5) is 0. The molecule has 3 rings (SSSR count). The van der Waals surface area contributed by atoms with Crippen molar-refractivity contribution in [2.24, 2.45) is 22.7 Å². The first-order valence-electron chi connectivity index (χ1n) is 7.57. The average molecular weight is 302 g/mol. The Balaban J connectivity index is 2.15. The van der Waals surface area contributed by atoms with Crippen LogP contribution in [0.4, 0.5) is 0 Å². The summed E-state index contributed by atoms with van der Waals surface area (Å²) >= 11 is 0. The van der Waals surface area contributed by atoms with E-state index in [2.05, 4.69) is 0 Å². The summed E-state index contributed by atoms with van der Waals surface area (Å²) in [7, 11) is 0. The van der Waals surface area contributed by atoms with Gasteiger partial charge in [-0.25, -0.2) is 0 Å². The molecule has 0 heterocycles. The van der Waals surface area contributed by atoms with E-state index in [1.54, 1.807) is 6.92 Å². The molecule has 3 fully saturated rings. The molecule has 0 aromatic rings. The van der Waals surface area contributed by atoms with E-state index in [0.29, 0.717) is 12.8 Å². The zero-order valence-electron chi connectivity index (χ0n) is 12.7. The van der Waals surface area contributed by atoms with E-state index in [4.69, 9.17) is 0 Å². The molecule has 0 unspecified atom stereocenters. The maximum Gasteiger partial charge on any atom is 0.145 e. The Labute approximate surface area is 124 Å². The van der Waals surface area contributed by atoms with Crippen LogP contribution in [0.5, 0.6) is 0 Å². The largest absolute Gasteiger partial charge is 0.393 e. The molecule has 0 spiro atoms. The first-order chi connectivity index (χ1) is 9.47. The van der Waals surface area contributed by atoms with Gasteiger partial charge in [0, 0.05) is 5.41 Å². The maximum atomic E-state index is 11.0. The van der Waals surface area contributed by atoms with Crippen LogP contribution in [0.25, 0.3) is 0 Å². The van der Waals surface area contributed by atoms with Crippen molar-refractivity contribution in [1.29, 1.82) is 0 Å². The predicted molar refractivity (Wildman–Crippen MR) is 73.1 cm³/mol. The molecule has 21 heavy (non-hydrogen) atoms. The Hall–Kier alpha value is -0.240. The normalized spacial score (nSPS) is 61.9. The zero-order valence-corrected chi connectivity index (χ0v) is 12.7. The molecular weight excluding hydrogens is 276 g/mol. The molecule has 3 aliphatic rings. The summed E-state index contributed by atoms with van der Waals surface area (Å²) in [6, 6.07) is 0. The lowest BCUT2D eigenvalue weighted by Gasteiger charge is -2.73. The summed E-state index contributed by atoms with van der Waals surface area (Å²) in [5.41, 5.74) is -5.60. The van der Waals surface area contributed by atoms with Gasteiger partial charge in [-0.15, -0.1) is 0 Å². The van der Waals surface area contributed by atoms with E-state index in [0.717, 1.165) is 0 Å². The lowest BCUT2D eigenvalue weighted by Crippen LogP contribution is -2.91. The van der Waals surface area contributed by atoms with Crippen LogP contribution in [0.2, 0.25) is 0 Å². The van der Waals surface area contributed by atoms with Crippen LogP contribution in [0.15, 0.2) is 0 Å². The first kappa shape index (κ1) is 15.6. The molecule has 3 aliphatic carbocycles. The van der Waals surface area contributed by atoms with Crippen molar-refractivity contribution >= 4 is 0 Å². The van der Waals surface area contributed by atoms with Gasteiger partial charge in [-0.2, -0.15) is 0 Å². The van der Waals surface area contributed by atoms with E-state index >= 15 is 0 Å². The lowest BCUT2D eigenvalue weighted by molar-refractivity contribution is -0.421. The van der Waals surface area contributed by atoms with Gasteiger partial charge in [0.2, 0.25) is 0 Å². The predicted octanol–water partition coefficient (Wildman–Crippen LogP) is -1.39. The smallest absolute Gasteiger partial charge is 0.145 e. The highest BCUT2D eigenvalue weighted by molar-refractivity contribution is 5.33. The van der Waals surface area contributed by atoms with E-state index in [1.807, 2.05) is 13.8 Å². The summed E-state index contributed by atoms with van der Waals surface area (Å²) in [6.07, 6.45) is -2.79. The fourth-order valence-electron chi connectivity index (χ4n) is 5.62. The van der Waals surface area contributed by atoms with Crippen LogP contribution in [-0.4, -0.2) is 66.8 Å². The molecule has 0 radical (unpaired) electrons. The van der Waals surface area contributed by atoms with Crippen molar-refractivity contribution < 1.29 is 30.6 Å². The lowest BCUT2D eigenvalue weighted by atomic mass is 9.37. The van der Waals surface area contributed by atoms with E-state index in [1.165, 1.54) is 0 Å². The van der Waals surface area contributed by atoms with Crippen molar-refractivity contribution in [3.8, 4) is 0 Å². The van der Waals surface area contributed by atoms with Crippen molar-refractivity contribution in [3.05, 3.63) is 0 Å². The Morgan fingerprint density at radius 2 is 1.48 bits per heavy atom. The van der Waals surface area contributed by atoms with Gasteiger partial charge in [0.05, 0.1) is 18.8 Å². The number of hydrogen-bond donors (Lipinski definition) is 6. The zero-order chi connectivity index (χ0) is 16.0. The molecule has 6 N–H and O–H groups in total. The Kier molecular flexibility index (Phi) is 2.97. The molecule has 0 saturated heterocycles. The van der Waals surface area contributed by atoms with Crippen molar-refractivity contribution in [1.82, 2.24) is 0 Å². The quantitative estimate of drug-likeness (QED) is 0.355. The van der Waals surface area contributed by atoms with Crippen molar-refractivity contribution in [2.75, 3.05) is 6.61 Å². The summed E-state index contributed by atoms with van der Waals surface area (Å²) in [5, 5.41) is 62.3. The Morgan fingerprint density at radius 3 is 2.00 bits per heavy atom. The third-order valence-electron chi connectivity index (χ3n) is 6.81. The van der Waals surface area contributed by atoms with Crippen molar-refractivity contribution in [2.45, 2.75) is 63.1 Å². The van der Waals surface area contributed by atoms with Crippen LogP contribution >= 0.6 is 0 Å². The van der Waals surface area contributed by atoms with Crippen LogP contribution in [0, 0.1) is 22.7 Å². The second kappa shape index (κ2) is 3.99. The second-order valence-electron chi connectivity index (χ2n) is 8.31. The minimum atomic E-state index is -2.23. The monoisotopic (exact) mass is 302 g/mol. The molecule has 6 nitrogen and oxygen atoms in total. The van der Waals surface area contributed by atoms with Crippen molar-refractivity contribution in [3.63, 3.8) is 0 Å². The van der Waals surface area contributed by atoms with Crippen LogP contribution in [0.3, 0.4) is 0 Å². The average Bonchev–Trinajstić information content (AvgIpc) is 2.77. The highest BCUT2D eigenvalue weighted by Gasteiger charge is 2.84. The number of hydrogen-bond acceptors (Lipinski definition) is 6. The molecule has 0 aromatic carbocycles. The highest BCUT2D eigenvalue weighted by atomic mass is 16.4. The molecule has 8 atom stereocenters. The summed E-state index contributed by atoms with van der Waals surface area (Å²) < 4.78 is 0. The van der Waals surface area contributed by atoms with E-state index in [-0.39, 0.29) is 17.3 Å². The first-order valence-corrected chi connectivity index (χ1v) is 7.57. The third kappa shape index (κ3) is 1.40. The van der Waals surface area contributed by atoms with Gasteiger partial charge in [0.25, 0.3) is 0 Å². The topological polar surface area (TPSA) is 121 Å². The van der Waals surface area contributed by atoms with Gasteiger partial charge in [0.15, 0.2) is 0 Å². The molecule has 0 aliphatic heterocycles. The molecule has 6 heteroatoms. The highest BCUT2D eigenvalue weighted by Crippen LogP contribution is 2.70. The molecule has 0 bridgehead atoms. The standard InChI is InChI=1S/C15H26O6/c1-12(2)4-7-8(5-12)13(3)10(18)11(19)15(13,21)14(20,6-16)9(7)17/h7-11,16-21H,4-6H2,1-3H3/t7-,8+,9+,10-,11+,13+,14-,15+/m1/s1. The van der Waals surface area contributed by atoms with Gasteiger partial charge < -0.3 is 30.6 Å². The van der Waals surface area contributed by atoms with Gasteiger partial charge in [-0.1, -0.05) is 20.8 Å². The number of aliphatic hydroxyl groups excluding tert-OH is 4. The summed E-state index contributed by atoms with van der Waals surface area (Å²) in [5.74, 6) is -0.553. The van der Waals surface area contributed by atoms with Gasteiger partial charge in [0.1, 0.15) is 17.3 Å². The minimum Gasteiger partial charge on any atom is -0.393 e. The van der Waals surface area contributed by atoms with Gasteiger partial charge in [-0.05, 0) is 30.1 Å². The van der Waals surface area contributed by atoms with E-state index < -0.39 is 41.5 Å². The fourth-order valence-corrected chi connectivity index (χ4v) is 5.62. The van der Waals surface area contributed by atoms with Crippen LogP contribution in [-0.2, 0) is 0 Å². The molecule has 0 aromatic heterocycles. The molecular formula is C15H26O6. The Morgan fingerprint density at radius 1 is 0.905 bits per heavy atom. The molecule has 3 saturated carbocycles. The third-order valence-corrected chi connectivity index (χ3v) is 6.81. The van der Waals surface area contributed by atoms with Crippen LogP contribution in [0.1, 0.15) is 33.6 Å². The number of fused-ring (bicyclic) bond motifs is 3. The number of aliphatic hydroxyl groups is 6. The van der Waals surface area contributed by atoms with Gasteiger partial charge >= 0.3 is 0 Å². The van der Waals surface area contributed by atoms with Crippen LogP contribution < -0.4 is 0 Å². The fraction of sp³-hybridized carbons (Fsp3) is 1.00. The van der Waals surface area contributed by atoms with Gasteiger partial charge in [-0.3, -0.25) is 0 Å². The summed E-state index contributed by atoms with van der Waals surface area (Å²) in [6.45, 7) is 4.85. The molecule has 0 amide bonds. The molecule has 122 valence electrons. The minimum absolute atomic E-state index is 0.0960. The Bertz CT molecular complexity index is 467. The SMILES string of the molecule is CC1(C)C[C@@H]2[C@H](C1)[C@@]1(C)[C@H](O)[C@H](O)[C@@]1(O)[C@@](O)(CO)[C@H]2O. The second-order valence-corrected chi connectivity index (χ2v) is 8.31. The van der Waals surface area contributed by atoms with E-state index in [9.17, 15) is 30.6 Å². The maximum absolute atomic E-state index is 11.0. The number of rotatable bonds is 1.